The molecule has 1 aromatic heterocycles. The molecule has 1 amide bonds. The molecular formula is C20H20ClN3O3. The lowest BCUT2D eigenvalue weighted by molar-refractivity contribution is -0.122. The lowest BCUT2D eigenvalue weighted by Crippen LogP contribution is -2.30. The summed E-state index contributed by atoms with van der Waals surface area (Å²) < 4.78 is 10.5. The summed E-state index contributed by atoms with van der Waals surface area (Å²) in [6.07, 6.45) is -0.741. The van der Waals surface area contributed by atoms with E-state index in [1.165, 1.54) is 5.56 Å². The van der Waals surface area contributed by atoms with Crippen LogP contribution in [0.15, 0.2) is 41.0 Å². The SMILES string of the molecule is Cc1ccc(-c2nonc2NC(=O)[C@H](C)Oc2ccc(Cl)c(C)c2)cc1C. The molecule has 7 heteroatoms. The van der Waals surface area contributed by atoms with Crippen molar-refractivity contribution in [3.63, 3.8) is 0 Å². The smallest absolute Gasteiger partial charge is 0.266 e. The van der Waals surface area contributed by atoms with Gasteiger partial charge in [-0.05, 0) is 79.0 Å². The molecule has 0 saturated carbocycles. The summed E-state index contributed by atoms with van der Waals surface area (Å²) in [4.78, 5) is 12.5. The number of hydrogen-bond acceptors (Lipinski definition) is 5. The predicted molar refractivity (Wildman–Crippen MR) is 104 cm³/mol. The number of carbonyl (C=O) groups excluding carboxylic acids is 1. The molecule has 0 radical (unpaired) electrons. The first-order valence-corrected chi connectivity index (χ1v) is 8.87. The number of anilines is 1. The third-order valence-electron chi connectivity index (χ3n) is 4.32. The van der Waals surface area contributed by atoms with Crippen LogP contribution >= 0.6 is 11.6 Å². The summed E-state index contributed by atoms with van der Waals surface area (Å²) in [5.74, 6) is 0.460. The van der Waals surface area contributed by atoms with Crippen LogP contribution in [0.25, 0.3) is 11.3 Å². The number of hydrogen-bond donors (Lipinski definition) is 1. The molecule has 0 fully saturated rings. The zero-order chi connectivity index (χ0) is 19.6. The molecule has 0 bridgehead atoms. The number of nitrogens with zero attached hydrogens (tertiary/aromatic N) is 2. The van der Waals surface area contributed by atoms with Crippen LogP contribution in [0.2, 0.25) is 5.02 Å². The Bertz CT molecular complexity index is 984. The molecule has 6 nitrogen and oxygen atoms in total. The zero-order valence-electron chi connectivity index (χ0n) is 15.5. The van der Waals surface area contributed by atoms with E-state index in [4.69, 9.17) is 21.0 Å². The number of aryl methyl sites for hydroxylation is 3. The molecule has 1 N–H and O–H groups in total. The van der Waals surface area contributed by atoms with Gasteiger partial charge in [0.25, 0.3) is 5.91 Å². The van der Waals surface area contributed by atoms with Crippen LogP contribution < -0.4 is 10.1 Å². The molecule has 0 spiro atoms. The molecule has 3 rings (SSSR count). The van der Waals surface area contributed by atoms with Gasteiger partial charge in [-0.1, -0.05) is 23.7 Å². The number of ether oxygens (including phenoxy) is 1. The van der Waals surface area contributed by atoms with Crippen LogP contribution in [-0.4, -0.2) is 22.3 Å². The fourth-order valence-corrected chi connectivity index (χ4v) is 2.63. The summed E-state index contributed by atoms with van der Waals surface area (Å²) in [6.45, 7) is 7.56. The van der Waals surface area contributed by atoms with Crippen molar-refractivity contribution in [2.45, 2.75) is 33.8 Å². The second kappa shape index (κ2) is 7.80. The van der Waals surface area contributed by atoms with Gasteiger partial charge in [0.1, 0.15) is 5.75 Å². The highest BCUT2D eigenvalue weighted by atomic mass is 35.5. The summed E-state index contributed by atoms with van der Waals surface area (Å²) in [5, 5.41) is 11.1. The summed E-state index contributed by atoms with van der Waals surface area (Å²) in [5.41, 5.74) is 4.45. The molecule has 1 heterocycles. The maximum atomic E-state index is 12.5. The van der Waals surface area contributed by atoms with Gasteiger partial charge in [-0.2, -0.15) is 0 Å². The number of nitrogens with one attached hydrogen (secondary N) is 1. The van der Waals surface area contributed by atoms with Crippen LogP contribution in [0.4, 0.5) is 5.82 Å². The second-order valence-corrected chi connectivity index (χ2v) is 6.83. The van der Waals surface area contributed by atoms with Gasteiger partial charge in [-0.3, -0.25) is 4.79 Å². The fourth-order valence-electron chi connectivity index (χ4n) is 2.52. The molecule has 0 unspecified atom stereocenters. The van der Waals surface area contributed by atoms with Crippen molar-refractivity contribution in [3.8, 4) is 17.0 Å². The Morgan fingerprint density at radius 2 is 1.85 bits per heavy atom. The van der Waals surface area contributed by atoms with Crippen LogP contribution in [0.5, 0.6) is 5.75 Å². The summed E-state index contributed by atoms with van der Waals surface area (Å²) in [7, 11) is 0. The van der Waals surface area contributed by atoms with Crippen LogP contribution in [-0.2, 0) is 4.79 Å². The van der Waals surface area contributed by atoms with E-state index in [0.717, 1.165) is 16.7 Å². The normalized spacial score (nSPS) is 11.9. The van der Waals surface area contributed by atoms with Gasteiger partial charge in [0, 0.05) is 10.6 Å². The Labute approximate surface area is 162 Å². The van der Waals surface area contributed by atoms with Crippen LogP contribution in [0.1, 0.15) is 23.6 Å². The Kier molecular flexibility index (Phi) is 5.46. The van der Waals surface area contributed by atoms with Gasteiger partial charge >= 0.3 is 0 Å². The highest BCUT2D eigenvalue weighted by Crippen LogP contribution is 2.27. The average molecular weight is 386 g/mol. The quantitative estimate of drug-likeness (QED) is 0.687. The summed E-state index contributed by atoms with van der Waals surface area (Å²) >= 11 is 6.01. The third kappa shape index (κ3) is 4.28. The van der Waals surface area contributed by atoms with Gasteiger partial charge < -0.3 is 10.1 Å². The molecule has 27 heavy (non-hydrogen) atoms. The topological polar surface area (TPSA) is 77.3 Å². The number of halogens is 1. The van der Waals surface area contributed by atoms with Crippen molar-refractivity contribution < 1.29 is 14.2 Å². The molecular weight excluding hydrogens is 366 g/mol. The Balaban J connectivity index is 1.73. The van der Waals surface area contributed by atoms with E-state index >= 15 is 0 Å². The number of aromatic nitrogens is 2. The molecule has 3 aromatic rings. The predicted octanol–water partition coefficient (Wildman–Crippen LogP) is 4.72. The van der Waals surface area contributed by atoms with Gasteiger partial charge in [-0.25, -0.2) is 4.63 Å². The Morgan fingerprint density at radius 3 is 2.56 bits per heavy atom. The van der Waals surface area contributed by atoms with Crippen molar-refractivity contribution in [2.75, 3.05) is 5.32 Å². The molecule has 0 aliphatic heterocycles. The van der Waals surface area contributed by atoms with Crippen molar-refractivity contribution in [1.82, 2.24) is 10.3 Å². The number of amides is 1. The second-order valence-electron chi connectivity index (χ2n) is 6.42. The minimum atomic E-state index is -0.741. The standard InChI is InChI=1S/C20H20ClN3O3/c1-11-5-6-15(9-12(11)2)18-19(24-27-23-18)22-20(25)14(4)26-16-7-8-17(21)13(3)10-16/h5-10,14H,1-4H3,(H,22,24,25)/t14-/m0/s1. The molecule has 2 aromatic carbocycles. The van der Waals surface area contributed by atoms with E-state index in [-0.39, 0.29) is 11.7 Å². The highest BCUT2D eigenvalue weighted by Gasteiger charge is 2.20. The third-order valence-corrected chi connectivity index (χ3v) is 4.75. The van der Waals surface area contributed by atoms with Crippen molar-refractivity contribution in [3.05, 3.63) is 58.1 Å². The number of carbonyl (C=O) groups is 1. The first-order valence-electron chi connectivity index (χ1n) is 8.49. The summed E-state index contributed by atoms with van der Waals surface area (Å²) in [6, 6.07) is 11.1. The zero-order valence-corrected chi connectivity index (χ0v) is 16.3. The van der Waals surface area contributed by atoms with Gasteiger partial charge in [0.15, 0.2) is 11.8 Å². The van der Waals surface area contributed by atoms with Crippen molar-refractivity contribution >= 4 is 23.3 Å². The Morgan fingerprint density at radius 1 is 1.07 bits per heavy atom. The van der Waals surface area contributed by atoms with E-state index in [2.05, 4.69) is 15.6 Å². The van der Waals surface area contributed by atoms with E-state index in [0.29, 0.717) is 16.5 Å². The van der Waals surface area contributed by atoms with Gasteiger partial charge in [0.2, 0.25) is 5.82 Å². The van der Waals surface area contributed by atoms with E-state index < -0.39 is 6.10 Å². The van der Waals surface area contributed by atoms with Crippen LogP contribution in [0.3, 0.4) is 0 Å². The van der Waals surface area contributed by atoms with Crippen LogP contribution in [0, 0.1) is 20.8 Å². The molecule has 0 saturated heterocycles. The first kappa shape index (κ1) is 18.9. The largest absolute Gasteiger partial charge is 0.481 e. The minimum absolute atomic E-state index is 0.256. The molecule has 140 valence electrons. The lowest BCUT2D eigenvalue weighted by atomic mass is 10.0. The van der Waals surface area contributed by atoms with Gasteiger partial charge in [-0.15, -0.1) is 0 Å². The first-order chi connectivity index (χ1) is 12.8. The maximum absolute atomic E-state index is 12.5. The molecule has 0 aliphatic carbocycles. The highest BCUT2D eigenvalue weighted by molar-refractivity contribution is 6.31. The number of rotatable bonds is 5. The number of benzene rings is 2. The fraction of sp³-hybridized carbons (Fsp3) is 0.250. The Hall–Kier alpha value is -2.86. The molecule has 0 aliphatic rings. The molecule has 1 atom stereocenters. The monoisotopic (exact) mass is 385 g/mol. The van der Waals surface area contributed by atoms with E-state index in [1.807, 2.05) is 39.0 Å². The average Bonchev–Trinajstić information content (AvgIpc) is 3.08. The van der Waals surface area contributed by atoms with Crippen molar-refractivity contribution in [1.29, 1.82) is 0 Å². The van der Waals surface area contributed by atoms with Crippen molar-refractivity contribution in [2.24, 2.45) is 0 Å². The lowest BCUT2D eigenvalue weighted by Gasteiger charge is -2.14. The van der Waals surface area contributed by atoms with Gasteiger partial charge in [0.05, 0.1) is 0 Å². The van der Waals surface area contributed by atoms with E-state index in [9.17, 15) is 4.79 Å². The minimum Gasteiger partial charge on any atom is -0.481 e. The maximum Gasteiger partial charge on any atom is 0.266 e. The van der Waals surface area contributed by atoms with E-state index in [1.54, 1.807) is 25.1 Å².